The summed E-state index contributed by atoms with van der Waals surface area (Å²) in [5.41, 5.74) is 10.3. The molecule has 0 aliphatic carbocycles. The Labute approximate surface area is 258 Å². The van der Waals surface area contributed by atoms with E-state index in [9.17, 15) is 0 Å². The predicted molar refractivity (Wildman–Crippen MR) is 197 cm³/mol. The molecular formula is C39H53NP2+2. The van der Waals surface area contributed by atoms with Gasteiger partial charge in [-0.15, -0.1) is 0 Å². The van der Waals surface area contributed by atoms with Crippen molar-refractivity contribution in [3.63, 3.8) is 0 Å². The molecule has 0 bridgehead atoms. The van der Waals surface area contributed by atoms with E-state index >= 15 is 0 Å². The van der Waals surface area contributed by atoms with Gasteiger partial charge in [0.25, 0.3) is 0 Å². The van der Waals surface area contributed by atoms with Crippen molar-refractivity contribution < 1.29 is 0 Å². The summed E-state index contributed by atoms with van der Waals surface area (Å²) < 4.78 is 0. The summed E-state index contributed by atoms with van der Waals surface area (Å²) in [6.07, 6.45) is 0. The molecule has 0 saturated heterocycles. The van der Waals surface area contributed by atoms with Gasteiger partial charge in [-0.25, -0.2) is 0 Å². The van der Waals surface area contributed by atoms with Crippen LogP contribution >= 0.6 is 14.5 Å². The van der Waals surface area contributed by atoms with E-state index in [0.29, 0.717) is 22.6 Å². The maximum atomic E-state index is 2.59. The molecule has 0 atom stereocenters. The third-order valence-electron chi connectivity index (χ3n) is 10.2. The summed E-state index contributed by atoms with van der Waals surface area (Å²) in [7, 11) is -0.700. The Morgan fingerprint density at radius 3 is 1.02 bits per heavy atom. The van der Waals surface area contributed by atoms with Crippen LogP contribution in [0.2, 0.25) is 0 Å². The van der Waals surface area contributed by atoms with Crippen molar-refractivity contribution in [3.8, 4) is 22.3 Å². The third-order valence-corrected chi connectivity index (χ3v) is 21.6. The largest absolute Gasteiger partial charge is 0.338 e. The summed E-state index contributed by atoms with van der Waals surface area (Å²) in [6.45, 7) is 24.7. The van der Waals surface area contributed by atoms with Crippen LogP contribution in [0.1, 0.15) is 55.4 Å². The number of benzene rings is 4. The number of hydrogen-bond donors (Lipinski definition) is 0. The molecule has 4 aromatic carbocycles. The highest BCUT2D eigenvalue weighted by Crippen LogP contribution is 2.66. The second kappa shape index (κ2) is 13.0. The highest BCUT2D eigenvalue weighted by Gasteiger charge is 2.47. The van der Waals surface area contributed by atoms with Crippen LogP contribution < -0.4 is 15.5 Å². The van der Waals surface area contributed by atoms with E-state index in [0.717, 1.165) is 0 Å². The predicted octanol–water partition coefficient (Wildman–Crippen LogP) is 11.0. The average molecular weight is 598 g/mol. The highest BCUT2D eigenvalue weighted by atomic mass is 31.2. The van der Waals surface area contributed by atoms with Crippen LogP contribution in [0.15, 0.2) is 97.1 Å². The quantitative estimate of drug-likeness (QED) is 0.164. The van der Waals surface area contributed by atoms with E-state index in [-0.39, 0.29) is 0 Å². The lowest BCUT2D eigenvalue weighted by Gasteiger charge is -2.37. The van der Waals surface area contributed by atoms with Gasteiger partial charge in [0.15, 0.2) is 0 Å². The third kappa shape index (κ3) is 5.98. The van der Waals surface area contributed by atoms with E-state index in [1.807, 2.05) is 0 Å². The van der Waals surface area contributed by atoms with Crippen molar-refractivity contribution in [2.24, 2.45) is 0 Å². The summed E-state index contributed by atoms with van der Waals surface area (Å²) in [4.78, 5) is 2.54. The molecule has 0 spiro atoms. The molecule has 0 amide bonds. The molecule has 4 aromatic rings. The van der Waals surface area contributed by atoms with Gasteiger partial charge in [-0.3, -0.25) is 0 Å². The number of anilines is 2. The highest BCUT2D eigenvalue weighted by molar-refractivity contribution is 7.84. The van der Waals surface area contributed by atoms with Gasteiger partial charge < -0.3 is 4.90 Å². The molecule has 0 heterocycles. The van der Waals surface area contributed by atoms with Crippen LogP contribution in [-0.2, 0) is 0 Å². The van der Waals surface area contributed by atoms with E-state index in [1.165, 1.54) is 33.6 Å². The van der Waals surface area contributed by atoms with Crippen molar-refractivity contribution in [2.75, 3.05) is 25.3 Å². The van der Waals surface area contributed by atoms with Crippen LogP contribution in [-0.4, -0.2) is 43.0 Å². The molecule has 3 heteroatoms. The zero-order valence-electron chi connectivity index (χ0n) is 27.9. The van der Waals surface area contributed by atoms with Crippen molar-refractivity contribution in [1.82, 2.24) is 0 Å². The topological polar surface area (TPSA) is 3.24 Å². The number of nitrogens with zero attached hydrogens (tertiary/aromatic N) is 1. The van der Waals surface area contributed by atoms with Crippen LogP contribution in [0, 0.1) is 0 Å². The molecule has 0 radical (unpaired) electrons. The van der Waals surface area contributed by atoms with Crippen molar-refractivity contribution in [1.29, 1.82) is 0 Å². The molecule has 0 aliphatic rings. The molecule has 222 valence electrons. The lowest BCUT2D eigenvalue weighted by Crippen LogP contribution is -2.33. The minimum Gasteiger partial charge on any atom is -0.338 e. The smallest absolute Gasteiger partial charge is 0.118 e. The second-order valence-corrected chi connectivity index (χ2v) is 23.1. The van der Waals surface area contributed by atoms with Gasteiger partial charge >= 0.3 is 0 Å². The normalized spacial score (nSPS) is 12.5. The summed E-state index contributed by atoms with van der Waals surface area (Å²) in [6, 6.07) is 36.4. The SMILES string of the molecule is CC(C)[P+](C)(c1cc(-c2ccccc2)ccc1N(C)c1ccc(-c2ccccc2)cc1[P+](C)(C(C)C)C(C)C)C(C)C. The molecule has 1 nitrogen and oxygen atoms in total. The van der Waals surface area contributed by atoms with Gasteiger partial charge in [-0.2, -0.15) is 0 Å². The Morgan fingerprint density at radius 2 is 0.738 bits per heavy atom. The van der Waals surface area contributed by atoms with Gasteiger partial charge in [0.1, 0.15) is 10.6 Å². The van der Waals surface area contributed by atoms with Crippen LogP contribution in [0.5, 0.6) is 0 Å². The first-order valence-electron chi connectivity index (χ1n) is 15.7. The van der Waals surface area contributed by atoms with Crippen LogP contribution in [0.3, 0.4) is 0 Å². The van der Waals surface area contributed by atoms with Crippen LogP contribution in [0.25, 0.3) is 22.3 Å². The van der Waals surface area contributed by atoms with Crippen LogP contribution in [0.4, 0.5) is 11.4 Å². The van der Waals surface area contributed by atoms with E-state index in [2.05, 4.69) is 178 Å². The number of rotatable bonds is 10. The molecule has 0 saturated carbocycles. The molecule has 0 aromatic heterocycles. The minimum atomic E-state index is -1.51. The fourth-order valence-corrected chi connectivity index (χ4v) is 13.3. The Bertz CT molecular complexity index is 1340. The fourth-order valence-electron chi connectivity index (χ4n) is 6.44. The lowest BCUT2D eigenvalue weighted by molar-refractivity contribution is 0.996. The average Bonchev–Trinajstić information content (AvgIpc) is 2.99. The zero-order chi connectivity index (χ0) is 30.8. The monoisotopic (exact) mass is 597 g/mol. The molecular weight excluding hydrogens is 544 g/mol. The Hall–Kier alpha value is -2.46. The maximum Gasteiger partial charge on any atom is 0.118 e. The minimum absolute atomic E-state index is 0.597. The molecule has 4 rings (SSSR count). The molecule has 42 heavy (non-hydrogen) atoms. The van der Waals surface area contributed by atoms with Gasteiger partial charge in [0.2, 0.25) is 0 Å². The second-order valence-electron chi connectivity index (χ2n) is 13.4. The van der Waals surface area contributed by atoms with Crippen molar-refractivity contribution in [3.05, 3.63) is 97.1 Å². The summed E-state index contributed by atoms with van der Waals surface area (Å²) >= 11 is 0. The lowest BCUT2D eigenvalue weighted by atomic mass is 10.0. The standard InChI is InChI=1S/C39H53NP2/c1-28(2)41(10,29(3)4)38-26-34(32-18-14-12-15-19-32)22-24-36(38)40(9)37-25-23-35(33-20-16-13-17-21-33)27-39(37)42(11,30(5)6)31(7)8/h12-31H,1-11H3/q+2. The van der Waals surface area contributed by atoms with Gasteiger partial charge in [0, 0.05) is 7.05 Å². The molecule has 0 aliphatic heterocycles. The first-order valence-corrected chi connectivity index (χ1v) is 20.4. The Balaban J connectivity index is 2.00. The van der Waals surface area contributed by atoms with Gasteiger partial charge in [-0.05, 0) is 102 Å². The number of hydrogen-bond acceptors (Lipinski definition) is 1. The summed E-state index contributed by atoms with van der Waals surface area (Å²) in [5, 5.41) is 3.09. The van der Waals surface area contributed by atoms with Crippen molar-refractivity contribution >= 4 is 36.5 Å². The zero-order valence-corrected chi connectivity index (χ0v) is 29.7. The Kier molecular flexibility index (Phi) is 10.1. The van der Waals surface area contributed by atoms with E-state index in [1.54, 1.807) is 10.6 Å². The van der Waals surface area contributed by atoms with Gasteiger partial charge in [0.05, 0.1) is 61.9 Å². The van der Waals surface area contributed by atoms with E-state index < -0.39 is 14.5 Å². The fraction of sp³-hybridized carbons (Fsp3) is 0.385. The van der Waals surface area contributed by atoms with E-state index in [4.69, 9.17) is 0 Å². The first-order chi connectivity index (χ1) is 19.8. The molecule has 0 N–H and O–H groups in total. The molecule has 0 fully saturated rings. The summed E-state index contributed by atoms with van der Waals surface area (Å²) in [5.74, 6) is 0. The maximum absolute atomic E-state index is 2.59. The van der Waals surface area contributed by atoms with Gasteiger partial charge in [-0.1, -0.05) is 72.8 Å². The Morgan fingerprint density at radius 1 is 0.429 bits per heavy atom. The molecule has 0 unspecified atom stereocenters. The first kappa shape index (κ1) is 32.5. The van der Waals surface area contributed by atoms with Crippen molar-refractivity contribution in [2.45, 2.75) is 78.0 Å².